The number of anilines is 2. The van der Waals surface area contributed by atoms with Gasteiger partial charge in [0.05, 0.1) is 11.0 Å². The van der Waals surface area contributed by atoms with Gasteiger partial charge in [0.2, 0.25) is 5.95 Å². The van der Waals surface area contributed by atoms with Crippen molar-refractivity contribution in [1.29, 1.82) is 0 Å². The van der Waals surface area contributed by atoms with Gasteiger partial charge in [-0.3, -0.25) is 9.78 Å². The largest absolute Gasteiger partial charge is 0.457 e. The number of pyridine rings is 1. The fourth-order valence-electron chi connectivity index (χ4n) is 3.06. The van der Waals surface area contributed by atoms with Crippen LogP contribution in [0.5, 0.6) is 11.5 Å². The first-order chi connectivity index (χ1) is 14.5. The van der Waals surface area contributed by atoms with Gasteiger partial charge in [0.25, 0.3) is 5.91 Å². The van der Waals surface area contributed by atoms with Gasteiger partial charge < -0.3 is 20.4 Å². The lowest BCUT2D eigenvalue weighted by atomic mass is 10.0. The summed E-state index contributed by atoms with van der Waals surface area (Å²) in [5, 5.41) is 5.84. The van der Waals surface area contributed by atoms with Crippen molar-refractivity contribution in [2.24, 2.45) is 0 Å². The monoisotopic (exact) mass is 401 g/mol. The van der Waals surface area contributed by atoms with Crippen molar-refractivity contribution in [2.45, 2.75) is 19.8 Å². The topological polar surface area (TPSA) is 91.9 Å². The minimum absolute atomic E-state index is 0.264. The van der Waals surface area contributed by atoms with E-state index < -0.39 is 0 Å². The smallest absolute Gasteiger partial charge is 0.269 e. The average molecular weight is 401 g/mol. The normalized spacial score (nSPS) is 10.9. The Bertz CT molecular complexity index is 1180. The summed E-state index contributed by atoms with van der Waals surface area (Å²) in [5.41, 5.74) is 4.22. The van der Waals surface area contributed by atoms with Crippen LogP contribution in [0.25, 0.3) is 11.0 Å². The number of nitrogens with one attached hydrogen (secondary N) is 3. The Hall–Kier alpha value is -3.87. The molecule has 0 unspecified atom stereocenters. The highest BCUT2D eigenvalue weighted by Crippen LogP contribution is 2.27. The molecule has 0 radical (unpaired) electrons. The van der Waals surface area contributed by atoms with Crippen LogP contribution in [0.3, 0.4) is 0 Å². The van der Waals surface area contributed by atoms with E-state index in [1.165, 1.54) is 5.56 Å². The number of benzene rings is 2. The van der Waals surface area contributed by atoms with Crippen LogP contribution in [0.2, 0.25) is 0 Å². The number of amides is 1. The zero-order valence-corrected chi connectivity index (χ0v) is 17.1. The third-order valence-corrected chi connectivity index (χ3v) is 4.72. The van der Waals surface area contributed by atoms with E-state index >= 15 is 0 Å². The fraction of sp³-hybridized carbons (Fsp3) is 0.174. The Labute approximate surface area is 174 Å². The molecule has 0 spiro atoms. The first kappa shape index (κ1) is 19.4. The van der Waals surface area contributed by atoms with Gasteiger partial charge in [0.15, 0.2) is 0 Å². The van der Waals surface area contributed by atoms with Gasteiger partial charge in [-0.2, -0.15) is 0 Å². The van der Waals surface area contributed by atoms with Crippen LogP contribution >= 0.6 is 0 Å². The van der Waals surface area contributed by atoms with Crippen molar-refractivity contribution in [3.8, 4) is 11.5 Å². The van der Waals surface area contributed by atoms with Crippen molar-refractivity contribution in [1.82, 2.24) is 20.3 Å². The molecule has 4 rings (SSSR count). The lowest BCUT2D eigenvalue weighted by Crippen LogP contribution is -2.18. The number of hydrogen-bond acceptors (Lipinski definition) is 5. The van der Waals surface area contributed by atoms with Crippen LogP contribution in [-0.4, -0.2) is 27.9 Å². The fourth-order valence-corrected chi connectivity index (χ4v) is 3.06. The van der Waals surface area contributed by atoms with Gasteiger partial charge in [-0.25, -0.2) is 4.98 Å². The molecule has 0 aliphatic carbocycles. The second-order valence-electron chi connectivity index (χ2n) is 7.22. The molecule has 1 amide bonds. The van der Waals surface area contributed by atoms with Gasteiger partial charge in [0, 0.05) is 31.1 Å². The van der Waals surface area contributed by atoms with Crippen molar-refractivity contribution in [2.75, 3.05) is 12.4 Å². The predicted molar refractivity (Wildman–Crippen MR) is 118 cm³/mol. The number of carbonyl (C=O) groups excluding carboxylic acids is 1. The number of nitrogens with zero attached hydrogens (tertiary/aromatic N) is 2. The molecular weight excluding hydrogens is 378 g/mol. The van der Waals surface area contributed by atoms with E-state index in [2.05, 4.69) is 51.6 Å². The molecule has 7 heteroatoms. The minimum Gasteiger partial charge on any atom is -0.457 e. The van der Waals surface area contributed by atoms with Gasteiger partial charge in [-0.1, -0.05) is 26.0 Å². The predicted octanol–water partition coefficient (Wildman–Crippen LogP) is 4.98. The van der Waals surface area contributed by atoms with Crippen LogP contribution in [0.1, 0.15) is 35.8 Å². The molecule has 0 saturated heterocycles. The summed E-state index contributed by atoms with van der Waals surface area (Å²) in [6.07, 6.45) is 1.54. The summed E-state index contributed by atoms with van der Waals surface area (Å²) < 4.78 is 5.89. The molecule has 30 heavy (non-hydrogen) atoms. The molecule has 0 fully saturated rings. The third kappa shape index (κ3) is 4.25. The molecule has 0 saturated carbocycles. The number of carbonyl (C=O) groups is 1. The van der Waals surface area contributed by atoms with E-state index in [0.29, 0.717) is 29.1 Å². The van der Waals surface area contributed by atoms with Crippen molar-refractivity contribution < 1.29 is 9.53 Å². The second-order valence-corrected chi connectivity index (χ2v) is 7.22. The van der Waals surface area contributed by atoms with Gasteiger partial charge in [-0.05, 0) is 41.8 Å². The zero-order chi connectivity index (χ0) is 21.1. The van der Waals surface area contributed by atoms with E-state index in [1.807, 2.05) is 30.3 Å². The molecule has 2 aromatic carbocycles. The van der Waals surface area contributed by atoms with Gasteiger partial charge >= 0.3 is 0 Å². The molecular formula is C23H23N5O2. The molecule has 0 atom stereocenters. The second kappa shape index (κ2) is 8.24. The van der Waals surface area contributed by atoms with Crippen LogP contribution < -0.4 is 15.4 Å². The summed E-state index contributed by atoms with van der Waals surface area (Å²) in [4.78, 5) is 23.7. The number of hydrogen-bond donors (Lipinski definition) is 3. The molecule has 0 aliphatic heterocycles. The molecule has 2 aromatic heterocycles. The van der Waals surface area contributed by atoms with E-state index in [9.17, 15) is 4.79 Å². The van der Waals surface area contributed by atoms with Crippen LogP contribution in [0.4, 0.5) is 11.6 Å². The maximum Gasteiger partial charge on any atom is 0.269 e. The van der Waals surface area contributed by atoms with Crippen LogP contribution in [-0.2, 0) is 0 Å². The van der Waals surface area contributed by atoms with Crippen molar-refractivity contribution >= 4 is 28.6 Å². The molecule has 4 aromatic rings. The molecule has 7 nitrogen and oxygen atoms in total. The van der Waals surface area contributed by atoms with E-state index in [-0.39, 0.29) is 5.91 Å². The van der Waals surface area contributed by atoms with Gasteiger partial charge in [-0.15, -0.1) is 0 Å². The van der Waals surface area contributed by atoms with Gasteiger partial charge in [0.1, 0.15) is 17.2 Å². The summed E-state index contributed by atoms with van der Waals surface area (Å²) in [5.74, 6) is 2.04. The quantitative estimate of drug-likeness (QED) is 0.424. The number of imidazole rings is 1. The number of aromatic amines is 1. The lowest BCUT2D eigenvalue weighted by Gasteiger charge is -2.07. The number of H-pyrrole nitrogens is 1. The molecule has 0 aliphatic rings. The standard InChI is InChI=1S/C23H23N5O2/c1-14(2)15-4-6-16(7-5-15)26-23-27-19-9-8-17(12-20(19)28-23)30-18-10-11-25-21(13-18)22(29)24-3/h4-14H,1-3H3,(H,24,29)(H2,26,27,28). The highest BCUT2D eigenvalue weighted by Gasteiger charge is 2.09. The minimum atomic E-state index is -0.264. The molecule has 2 heterocycles. The number of aromatic nitrogens is 3. The average Bonchev–Trinajstić information content (AvgIpc) is 3.15. The maximum atomic E-state index is 11.7. The Kier molecular flexibility index (Phi) is 5.34. The van der Waals surface area contributed by atoms with E-state index in [4.69, 9.17) is 4.74 Å². The van der Waals surface area contributed by atoms with E-state index in [0.717, 1.165) is 16.7 Å². The molecule has 3 N–H and O–H groups in total. The number of rotatable bonds is 6. The Balaban J connectivity index is 1.52. The zero-order valence-electron chi connectivity index (χ0n) is 17.1. The van der Waals surface area contributed by atoms with Crippen molar-refractivity contribution in [3.05, 3.63) is 72.1 Å². The Morgan fingerprint density at radius 3 is 2.53 bits per heavy atom. The highest BCUT2D eigenvalue weighted by atomic mass is 16.5. The van der Waals surface area contributed by atoms with Crippen molar-refractivity contribution in [3.63, 3.8) is 0 Å². The number of fused-ring (bicyclic) bond motifs is 1. The maximum absolute atomic E-state index is 11.7. The summed E-state index contributed by atoms with van der Waals surface area (Å²) in [7, 11) is 1.56. The summed E-state index contributed by atoms with van der Waals surface area (Å²) >= 11 is 0. The first-order valence-corrected chi connectivity index (χ1v) is 9.74. The Morgan fingerprint density at radius 2 is 1.80 bits per heavy atom. The summed E-state index contributed by atoms with van der Waals surface area (Å²) in [6, 6.07) is 17.2. The van der Waals surface area contributed by atoms with E-state index in [1.54, 1.807) is 25.4 Å². The van der Waals surface area contributed by atoms with Crippen LogP contribution in [0, 0.1) is 0 Å². The Morgan fingerprint density at radius 1 is 1.03 bits per heavy atom. The third-order valence-electron chi connectivity index (χ3n) is 4.72. The summed E-state index contributed by atoms with van der Waals surface area (Å²) in [6.45, 7) is 4.35. The number of ether oxygens (including phenoxy) is 1. The highest BCUT2D eigenvalue weighted by molar-refractivity contribution is 5.92. The molecule has 0 bridgehead atoms. The SMILES string of the molecule is CNC(=O)c1cc(Oc2ccc3[nH]c(Nc4ccc(C(C)C)cc4)nc3c2)ccn1. The molecule has 152 valence electrons. The lowest BCUT2D eigenvalue weighted by molar-refractivity contribution is 0.0958. The van der Waals surface area contributed by atoms with Crippen LogP contribution in [0.15, 0.2) is 60.8 Å². The first-order valence-electron chi connectivity index (χ1n) is 9.74.